The second-order valence-electron chi connectivity index (χ2n) is 6.37. The summed E-state index contributed by atoms with van der Waals surface area (Å²) >= 11 is 0. The molecule has 3 aromatic rings. The molecular formula is C22H23N3O2. The minimum atomic E-state index is -0.223. The fraction of sp³-hybridized carbons (Fsp3) is 0.182. The van der Waals surface area contributed by atoms with Gasteiger partial charge in [-0.05, 0) is 43.7 Å². The van der Waals surface area contributed by atoms with Crippen molar-refractivity contribution in [3.05, 3.63) is 83.2 Å². The summed E-state index contributed by atoms with van der Waals surface area (Å²) in [7, 11) is 1.61. The molecule has 138 valence electrons. The maximum atomic E-state index is 12.3. The summed E-state index contributed by atoms with van der Waals surface area (Å²) in [6.45, 7) is 4.51. The maximum Gasteiger partial charge on any atom is 0.270 e. The fourth-order valence-corrected chi connectivity index (χ4v) is 2.83. The fourth-order valence-electron chi connectivity index (χ4n) is 2.83. The molecule has 5 nitrogen and oxygen atoms in total. The van der Waals surface area contributed by atoms with E-state index in [0.29, 0.717) is 12.2 Å². The van der Waals surface area contributed by atoms with Gasteiger partial charge in [0.05, 0.1) is 19.0 Å². The van der Waals surface area contributed by atoms with E-state index in [9.17, 15) is 4.79 Å². The Labute approximate surface area is 159 Å². The number of rotatable bonds is 6. The number of para-hydroxylation sites is 1. The summed E-state index contributed by atoms with van der Waals surface area (Å²) in [5.41, 5.74) is 5.53. The van der Waals surface area contributed by atoms with Crippen LogP contribution in [0, 0.1) is 13.8 Å². The highest BCUT2D eigenvalue weighted by Gasteiger charge is 2.09. The quantitative estimate of drug-likeness (QED) is 0.684. The van der Waals surface area contributed by atoms with E-state index >= 15 is 0 Å². The Morgan fingerprint density at radius 1 is 1.07 bits per heavy atom. The molecule has 0 saturated carbocycles. The molecule has 0 aliphatic carbocycles. The standard InChI is InChI=1S/C22H23N3O2/c1-15-8-10-19(16(2)12-15)25-18-9-11-20(23-14-18)22(26)24-13-17-6-4-5-7-21(17)27-3/h4-12,14,25H,13H2,1-3H3,(H,24,26). The third-order valence-electron chi connectivity index (χ3n) is 4.29. The molecule has 1 heterocycles. The van der Waals surface area contributed by atoms with Gasteiger partial charge in [0.1, 0.15) is 11.4 Å². The molecule has 0 atom stereocenters. The van der Waals surface area contributed by atoms with Gasteiger partial charge in [-0.15, -0.1) is 0 Å². The Morgan fingerprint density at radius 2 is 1.89 bits per heavy atom. The number of hydrogen-bond donors (Lipinski definition) is 2. The summed E-state index contributed by atoms with van der Waals surface area (Å²) in [5.74, 6) is 0.526. The molecule has 0 aliphatic heterocycles. The summed E-state index contributed by atoms with van der Waals surface area (Å²) < 4.78 is 5.30. The van der Waals surface area contributed by atoms with Crippen LogP contribution in [0.3, 0.4) is 0 Å². The number of aryl methyl sites for hydroxylation is 2. The second kappa shape index (κ2) is 8.36. The number of methoxy groups -OCH3 is 1. The molecule has 2 N–H and O–H groups in total. The summed E-state index contributed by atoms with van der Waals surface area (Å²) in [4.78, 5) is 16.6. The zero-order chi connectivity index (χ0) is 19.2. The molecule has 27 heavy (non-hydrogen) atoms. The van der Waals surface area contributed by atoms with Gasteiger partial charge in [-0.1, -0.05) is 35.9 Å². The van der Waals surface area contributed by atoms with E-state index in [1.807, 2.05) is 36.4 Å². The molecule has 1 amide bonds. The van der Waals surface area contributed by atoms with Gasteiger partial charge < -0.3 is 15.4 Å². The Morgan fingerprint density at radius 3 is 2.59 bits per heavy atom. The number of hydrogen-bond acceptors (Lipinski definition) is 4. The van der Waals surface area contributed by atoms with Gasteiger partial charge in [-0.25, -0.2) is 4.98 Å². The number of pyridine rings is 1. The number of carbonyl (C=O) groups excluding carboxylic acids is 1. The molecule has 0 spiro atoms. The summed E-state index contributed by atoms with van der Waals surface area (Å²) in [5, 5.41) is 6.20. The lowest BCUT2D eigenvalue weighted by Crippen LogP contribution is -2.24. The van der Waals surface area contributed by atoms with E-state index in [4.69, 9.17) is 4.74 Å². The number of amides is 1. The van der Waals surface area contributed by atoms with Crippen LogP contribution in [-0.4, -0.2) is 18.0 Å². The predicted molar refractivity (Wildman–Crippen MR) is 108 cm³/mol. The molecule has 0 saturated heterocycles. The first-order chi connectivity index (χ1) is 13.1. The van der Waals surface area contributed by atoms with Crippen LogP contribution in [0.4, 0.5) is 11.4 Å². The minimum Gasteiger partial charge on any atom is -0.496 e. The highest BCUT2D eigenvalue weighted by Crippen LogP contribution is 2.21. The molecular weight excluding hydrogens is 338 g/mol. The molecule has 5 heteroatoms. The first kappa shape index (κ1) is 18.5. The molecule has 2 aromatic carbocycles. The van der Waals surface area contributed by atoms with Crippen molar-refractivity contribution in [1.82, 2.24) is 10.3 Å². The first-order valence-corrected chi connectivity index (χ1v) is 8.77. The Kier molecular flexibility index (Phi) is 5.71. The van der Waals surface area contributed by atoms with Gasteiger partial charge >= 0.3 is 0 Å². The number of aromatic nitrogens is 1. The SMILES string of the molecule is COc1ccccc1CNC(=O)c1ccc(Nc2ccc(C)cc2C)cn1. The summed E-state index contributed by atoms with van der Waals surface area (Å²) in [6, 6.07) is 17.4. The smallest absolute Gasteiger partial charge is 0.270 e. The van der Waals surface area contributed by atoms with Gasteiger partial charge in [0.2, 0.25) is 0 Å². The van der Waals surface area contributed by atoms with Crippen molar-refractivity contribution < 1.29 is 9.53 Å². The zero-order valence-electron chi connectivity index (χ0n) is 15.7. The number of nitrogens with zero attached hydrogens (tertiary/aromatic N) is 1. The zero-order valence-corrected chi connectivity index (χ0v) is 15.7. The predicted octanol–water partition coefficient (Wildman–Crippen LogP) is 4.38. The highest BCUT2D eigenvalue weighted by molar-refractivity contribution is 5.92. The van der Waals surface area contributed by atoms with Crippen molar-refractivity contribution in [2.75, 3.05) is 12.4 Å². The van der Waals surface area contributed by atoms with Crippen LogP contribution in [0.15, 0.2) is 60.8 Å². The normalized spacial score (nSPS) is 10.3. The first-order valence-electron chi connectivity index (χ1n) is 8.77. The van der Waals surface area contributed by atoms with E-state index in [0.717, 1.165) is 28.3 Å². The lowest BCUT2D eigenvalue weighted by Gasteiger charge is -2.11. The van der Waals surface area contributed by atoms with Crippen LogP contribution < -0.4 is 15.4 Å². The molecule has 0 unspecified atom stereocenters. The van der Waals surface area contributed by atoms with E-state index in [2.05, 4.69) is 41.6 Å². The van der Waals surface area contributed by atoms with Crippen molar-refractivity contribution in [1.29, 1.82) is 0 Å². The molecule has 3 rings (SSSR count). The average molecular weight is 361 g/mol. The monoisotopic (exact) mass is 361 g/mol. The van der Waals surface area contributed by atoms with Gasteiger partial charge in [-0.3, -0.25) is 4.79 Å². The number of nitrogens with one attached hydrogen (secondary N) is 2. The van der Waals surface area contributed by atoms with E-state index in [1.165, 1.54) is 5.56 Å². The lowest BCUT2D eigenvalue weighted by atomic mass is 10.1. The molecule has 0 radical (unpaired) electrons. The molecule has 0 fully saturated rings. The third kappa shape index (κ3) is 4.64. The largest absolute Gasteiger partial charge is 0.496 e. The van der Waals surface area contributed by atoms with E-state index < -0.39 is 0 Å². The van der Waals surface area contributed by atoms with Crippen molar-refractivity contribution in [2.24, 2.45) is 0 Å². The third-order valence-corrected chi connectivity index (χ3v) is 4.29. The Hall–Kier alpha value is -3.34. The number of ether oxygens (including phenoxy) is 1. The van der Waals surface area contributed by atoms with Crippen LogP contribution in [0.2, 0.25) is 0 Å². The second-order valence-corrected chi connectivity index (χ2v) is 6.37. The number of benzene rings is 2. The number of carbonyl (C=O) groups is 1. The highest BCUT2D eigenvalue weighted by atomic mass is 16.5. The van der Waals surface area contributed by atoms with Crippen LogP contribution >= 0.6 is 0 Å². The van der Waals surface area contributed by atoms with Crippen LogP contribution in [0.5, 0.6) is 5.75 Å². The van der Waals surface area contributed by atoms with Crippen LogP contribution in [0.25, 0.3) is 0 Å². The maximum absolute atomic E-state index is 12.3. The topological polar surface area (TPSA) is 63.2 Å². The van der Waals surface area contributed by atoms with Gasteiger partial charge in [0, 0.05) is 17.8 Å². The summed E-state index contributed by atoms with van der Waals surface area (Å²) in [6.07, 6.45) is 1.66. The van der Waals surface area contributed by atoms with Gasteiger partial charge in [-0.2, -0.15) is 0 Å². The Balaban J connectivity index is 1.63. The Bertz CT molecular complexity index is 937. The molecule has 0 bridgehead atoms. The average Bonchev–Trinajstić information content (AvgIpc) is 2.69. The van der Waals surface area contributed by atoms with E-state index in [1.54, 1.807) is 19.4 Å². The lowest BCUT2D eigenvalue weighted by molar-refractivity contribution is 0.0945. The van der Waals surface area contributed by atoms with Crippen molar-refractivity contribution in [3.8, 4) is 5.75 Å². The van der Waals surface area contributed by atoms with Gasteiger partial charge in [0.15, 0.2) is 0 Å². The van der Waals surface area contributed by atoms with Crippen molar-refractivity contribution in [3.63, 3.8) is 0 Å². The van der Waals surface area contributed by atoms with Crippen LogP contribution in [0.1, 0.15) is 27.2 Å². The minimum absolute atomic E-state index is 0.223. The van der Waals surface area contributed by atoms with Crippen LogP contribution in [-0.2, 0) is 6.54 Å². The molecule has 1 aromatic heterocycles. The number of anilines is 2. The van der Waals surface area contributed by atoms with Crippen molar-refractivity contribution in [2.45, 2.75) is 20.4 Å². The van der Waals surface area contributed by atoms with E-state index in [-0.39, 0.29) is 5.91 Å². The van der Waals surface area contributed by atoms with Gasteiger partial charge in [0.25, 0.3) is 5.91 Å². The molecule has 0 aliphatic rings. The van der Waals surface area contributed by atoms with Crippen molar-refractivity contribution >= 4 is 17.3 Å².